The number of halogens is 1. The molecule has 1 aliphatic rings. The molecule has 0 spiro atoms. The van der Waals surface area contributed by atoms with E-state index in [0.29, 0.717) is 18.8 Å². The Morgan fingerprint density at radius 1 is 1.52 bits per heavy atom. The average Bonchev–Trinajstić information content (AvgIpc) is 2.38. The summed E-state index contributed by atoms with van der Waals surface area (Å²) in [4.78, 5) is 25.1. The van der Waals surface area contributed by atoms with Crippen LogP contribution in [0.25, 0.3) is 0 Å². The van der Waals surface area contributed by atoms with Crippen molar-refractivity contribution < 1.29 is 9.59 Å². The monoisotopic (exact) mass is 312 g/mol. The molecule has 3 amide bonds. The maximum atomic E-state index is 11.8. The lowest BCUT2D eigenvalue weighted by Gasteiger charge is -2.27. The Morgan fingerprint density at radius 3 is 2.95 bits per heavy atom. The van der Waals surface area contributed by atoms with Gasteiger partial charge in [0, 0.05) is 36.9 Å². The molecule has 0 aliphatic carbocycles. The highest BCUT2D eigenvalue weighted by atomic mass is 35.5. The highest BCUT2D eigenvalue weighted by Crippen LogP contribution is 2.21. The van der Waals surface area contributed by atoms with Gasteiger partial charge in [-0.3, -0.25) is 9.69 Å². The number of rotatable bonds is 4. The molecule has 0 radical (unpaired) electrons. The van der Waals surface area contributed by atoms with Gasteiger partial charge in [-0.1, -0.05) is 6.07 Å². The first kappa shape index (κ1) is 17.3. The molecule has 7 heteroatoms. The van der Waals surface area contributed by atoms with Crippen LogP contribution in [0.4, 0.5) is 16.2 Å². The molecule has 0 saturated carbocycles. The molecular formula is C14H21ClN4O2. The summed E-state index contributed by atoms with van der Waals surface area (Å²) in [6.45, 7) is 3.18. The number of carbonyl (C=O) groups excluding carboxylic acids is 2. The minimum atomic E-state index is -0.175. The Balaban J connectivity index is 0.00000220. The fraction of sp³-hybridized carbons (Fsp3) is 0.429. The third-order valence-electron chi connectivity index (χ3n) is 3.03. The van der Waals surface area contributed by atoms with Gasteiger partial charge in [0.1, 0.15) is 0 Å². The minimum absolute atomic E-state index is 0. The van der Waals surface area contributed by atoms with Gasteiger partial charge < -0.3 is 16.4 Å². The molecule has 1 fully saturated rings. The van der Waals surface area contributed by atoms with Gasteiger partial charge in [0.25, 0.3) is 0 Å². The van der Waals surface area contributed by atoms with Gasteiger partial charge in [0.05, 0.1) is 0 Å². The summed E-state index contributed by atoms with van der Waals surface area (Å²) in [6, 6.07) is 6.99. The van der Waals surface area contributed by atoms with Crippen molar-refractivity contribution in [1.29, 1.82) is 0 Å². The van der Waals surface area contributed by atoms with Crippen molar-refractivity contribution >= 4 is 35.7 Å². The fourth-order valence-electron chi connectivity index (χ4n) is 2.13. The van der Waals surface area contributed by atoms with Crippen molar-refractivity contribution in [3.63, 3.8) is 0 Å². The van der Waals surface area contributed by atoms with Crippen molar-refractivity contribution in [1.82, 2.24) is 5.32 Å². The van der Waals surface area contributed by atoms with E-state index in [2.05, 4.69) is 10.6 Å². The van der Waals surface area contributed by atoms with Crippen molar-refractivity contribution in [3.8, 4) is 0 Å². The van der Waals surface area contributed by atoms with E-state index in [4.69, 9.17) is 5.73 Å². The summed E-state index contributed by atoms with van der Waals surface area (Å²) in [7, 11) is 0. The Morgan fingerprint density at radius 2 is 2.29 bits per heavy atom. The molecule has 116 valence electrons. The van der Waals surface area contributed by atoms with E-state index in [1.54, 1.807) is 24.0 Å². The van der Waals surface area contributed by atoms with E-state index < -0.39 is 0 Å². The van der Waals surface area contributed by atoms with Crippen LogP contribution in [0.1, 0.15) is 19.8 Å². The molecule has 1 aliphatic heterocycles. The normalized spacial score (nSPS) is 15.7. The number of nitrogens with two attached hydrogens (primary N) is 1. The molecule has 2 rings (SSSR count). The van der Waals surface area contributed by atoms with Gasteiger partial charge in [0.2, 0.25) is 5.91 Å². The summed E-state index contributed by atoms with van der Waals surface area (Å²) in [5, 5.41) is 5.59. The molecule has 21 heavy (non-hydrogen) atoms. The van der Waals surface area contributed by atoms with Gasteiger partial charge in [-0.05, 0) is 31.5 Å². The lowest BCUT2D eigenvalue weighted by atomic mass is 10.2. The van der Waals surface area contributed by atoms with Crippen LogP contribution in [0.3, 0.4) is 0 Å². The SMILES string of the molecule is CC(N)CC(=O)Nc1cccc(N2CCCNC2=O)c1.Cl. The maximum Gasteiger partial charge on any atom is 0.321 e. The second kappa shape index (κ2) is 7.85. The number of benzene rings is 1. The lowest BCUT2D eigenvalue weighted by molar-refractivity contribution is -0.116. The smallest absolute Gasteiger partial charge is 0.321 e. The number of hydrogen-bond acceptors (Lipinski definition) is 3. The van der Waals surface area contributed by atoms with Crippen molar-refractivity contribution in [2.45, 2.75) is 25.8 Å². The van der Waals surface area contributed by atoms with Crippen molar-refractivity contribution in [2.24, 2.45) is 5.73 Å². The summed E-state index contributed by atoms with van der Waals surface area (Å²) >= 11 is 0. The molecule has 1 unspecified atom stereocenters. The quantitative estimate of drug-likeness (QED) is 0.791. The van der Waals surface area contributed by atoms with E-state index in [0.717, 1.165) is 12.1 Å². The molecule has 1 saturated heterocycles. The van der Waals surface area contributed by atoms with Crippen LogP contribution in [0.15, 0.2) is 24.3 Å². The molecule has 1 aromatic rings. The molecule has 1 heterocycles. The zero-order valence-corrected chi connectivity index (χ0v) is 12.8. The van der Waals surface area contributed by atoms with Crippen LogP contribution in [0.2, 0.25) is 0 Å². The Hall–Kier alpha value is -1.79. The van der Waals surface area contributed by atoms with E-state index in [1.165, 1.54) is 0 Å². The largest absolute Gasteiger partial charge is 0.338 e. The molecule has 6 nitrogen and oxygen atoms in total. The van der Waals surface area contributed by atoms with Crippen LogP contribution < -0.4 is 21.3 Å². The highest BCUT2D eigenvalue weighted by molar-refractivity contribution is 5.95. The van der Waals surface area contributed by atoms with Gasteiger partial charge >= 0.3 is 6.03 Å². The molecular weight excluding hydrogens is 292 g/mol. The second-order valence-electron chi connectivity index (χ2n) is 5.02. The average molecular weight is 313 g/mol. The van der Waals surface area contributed by atoms with Gasteiger partial charge in [-0.2, -0.15) is 0 Å². The zero-order valence-electron chi connectivity index (χ0n) is 12.0. The molecule has 4 N–H and O–H groups in total. The predicted octanol–water partition coefficient (Wildman–Crippen LogP) is 1.70. The standard InChI is InChI=1S/C14H20N4O2.ClH/c1-10(15)8-13(19)17-11-4-2-5-12(9-11)18-7-3-6-16-14(18)20;/h2,4-5,9-10H,3,6-8,15H2,1H3,(H,16,20)(H,17,19);1H. The van der Waals surface area contributed by atoms with Gasteiger partial charge in [-0.15, -0.1) is 12.4 Å². The molecule has 1 aromatic carbocycles. The molecule has 0 bridgehead atoms. The Labute approximate surface area is 130 Å². The first-order valence-electron chi connectivity index (χ1n) is 6.77. The number of urea groups is 1. The minimum Gasteiger partial charge on any atom is -0.338 e. The van der Waals surface area contributed by atoms with E-state index in [1.807, 2.05) is 12.1 Å². The van der Waals surface area contributed by atoms with Crippen molar-refractivity contribution in [3.05, 3.63) is 24.3 Å². The zero-order chi connectivity index (χ0) is 14.5. The fourth-order valence-corrected chi connectivity index (χ4v) is 2.13. The number of anilines is 2. The second-order valence-corrected chi connectivity index (χ2v) is 5.02. The number of nitrogens with one attached hydrogen (secondary N) is 2. The third-order valence-corrected chi connectivity index (χ3v) is 3.03. The van der Waals surface area contributed by atoms with Crippen LogP contribution in [0.5, 0.6) is 0 Å². The Kier molecular flexibility index (Phi) is 6.45. The summed E-state index contributed by atoms with van der Waals surface area (Å²) in [5.41, 5.74) is 7.04. The van der Waals surface area contributed by atoms with Crippen LogP contribution in [-0.2, 0) is 4.79 Å². The first-order chi connectivity index (χ1) is 9.56. The molecule has 0 aromatic heterocycles. The van der Waals surface area contributed by atoms with E-state index in [-0.39, 0.29) is 36.8 Å². The summed E-state index contributed by atoms with van der Waals surface area (Å²) < 4.78 is 0. The Bertz CT molecular complexity index is 508. The van der Waals surface area contributed by atoms with Gasteiger partial charge in [0.15, 0.2) is 0 Å². The summed E-state index contributed by atoms with van der Waals surface area (Å²) in [5.74, 6) is -0.125. The molecule has 1 atom stereocenters. The van der Waals surface area contributed by atoms with E-state index in [9.17, 15) is 9.59 Å². The number of nitrogens with zero attached hydrogens (tertiary/aromatic N) is 1. The van der Waals surface area contributed by atoms with Crippen LogP contribution in [0, 0.1) is 0 Å². The predicted molar refractivity (Wildman–Crippen MR) is 85.9 cm³/mol. The van der Waals surface area contributed by atoms with Crippen LogP contribution in [-0.4, -0.2) is 31.1 Å². The summed E-state index contributed by atoms with van der Waals surface area (Å²) in [6.07, 6.45) is 1.18. The lowest BCUT2D eigenvalue weighted by Crippen LogP contribution is -2.46. The van der Waals surface area contributed by atoms with E-state index >= 15 is 0 Å². The third kappa shape index (κ3) is 4.91. The highest BCUT2D eigenvalue weighted by Gasteiger charge is 2.19. The van der Waals surface area contributed by atoms with Crippen molar-refractivity contribution in [2.75, 3.05) is 23.3 Å². The first-order valence-corrected chi connectivity index (χ1v) is 6.77. The number of amides is 3. The van der Waals surface area contributed by atoms with Crippen LogP contribution >= 0.6 is 12.4 Å². The topological polar surface area (TPSA) is 87.5 Å². The number of hydrogen-bond donors (Lipinski definition) is 3. The van der Waals surface area contributed by atoms with Gasteiger partial charge in [-0.25, -0.2) is 4.79 Å². The maximum absolute atomic E-state index is 11.8. The number of carbonyl (C=O) groups is 2.